The third kappa shape index (κ3) is 3.69. The molecule has 1 atom stereocenters. The van der Waals surface area contributed by atoms with Gasteiger partial charge in [0.15, 0.2) is 5.17 Å². The fraction of sp³-hybridized carbons (Fsp3) is 0.421. The number of benzene rings is 1. The molecule has 1 saturated heterocycles. The van der Waals surface area contributed by atoms with Crippen LogP contribution in [0.15, 0.2) is 45.4 Å². The lowest BCUT2D eigenvalue weighted by Gasteiger charge is -2.39. The SMILES string of the molecule is CSc1ccc([C@H]2C(C(=O)OC(C)C)=C(C)N=C3SCCC(=O)N32)cc1. The van der Waals surface area contributed by atoms with Crippen molar-refractivity contribution in [2.45, 2.75) is 44.2 Å². The minimum absolute atomic E-state index is 0.0104. The molecule has 0 aliphatic carbocycles. The molecule has 138 valence electrons. The molecule has 2 aliphatic heterocycles. The number of esters is 1. The highest BCUT2D eigenvalue weighted by atomic mass is 32.2. The summed E-state index contributed by atoms with van der Waals surface area (Å²) < 4.78 is 5.46. The molecule has 26 heavy (non-hydrogen) atoms. The summed E-state index contributed by atoms with van der Waals surface area (Å²) in [5, 5.41) is 0.666. The first-order valence-corrected chi connectivity index (χ1v) is 10.7. The molecule has 7 heteroatoms. The van der Waals surface area contributed by atoms with Crippen molar-refractivity contribution >= 4 is 40.6 Å². The topological polar surface area (TPSA) is 59.0 Å². The van der Waals surface area contributed by atoms with Gasteiger partial charge in [-0.1, -0.05) is 23.9 Å². The van der Waals surface area contributed by atoms with Crippen LogP contribution in [0.3, 0.4) is 0 Å². The fourth-order valence-electron chi connectivity index (χ4n) is 3.04. The number of nitrogens with zero attached hydrogens (tertiary/aromatic N) is 2. The maximum atomic E-state index is 12.8. The molecule has 0 spiro atoms. The highest BCUT2D eigenvalue weighted by molar-refractivity contribution is 8.14. The Morgan fingerprint density at radius 2 is 2.04 bits per heavy atom. The van der Waals surface area contributed by atoms with E-state index in [1.54, 1.807) is 28.4 Å². The van der Waals surface area contributed by atoms with E-state index in [0.717, 1.165) is 10.5 Å². The van der Waals surface area contributed by atoms with Crippen LogP contribution in [0.4, 0.5) is 0 Å². The Morgan fingerprint density at radius 3 is 2.65 bits per heavy atom. The lowest BCUT2D eigenvalue weighted by Crippen LogP contribution is -2.46. The van der Waals surface area contributed by atoms with Gasteiger partial charge in [-0.15, -0.1) is 11.8 Å². The van der Waals surface area contributed by atoms with E-state index in [0.29, 0.717) is 28.6 Å². The summed E-state index contributed by atoms with van der Waals surface area (Å²) >= 11 is 3.20. The first-order chi connectivity index (χ1) is 12.4. The monoisotopic (exact) mass is 390 g/mol. The number of fused-ring (bicyclic) bond motifs is 1. The molecule has 1 fully saturated rings. The molecule has 1 aromatic carbocycles. The van der Waals surface area contributed by atoms with E-state index in [1.165, 1.54) is 0 Å². The number of carbonyl (C=O) groups excluding carboxylic acids is 2. The lowest BCUT2D eigenvalue weighted by molar-refractivity contribution is -0.143. The zero-order valence-electron chi connectivity index (χ0n) is 15.3. The molecule has 1 amide bonds. The molecule has 0 bridgehead atoms. The highest BCUT2D eigenvalue weighted by Crippen LogP contribution is 2.40. The Balaban J connectivity index is 2.11. The first-order valence-electron chi connectivity index (χ1n) is 8.51. The number of amidine groups is 1. The van der Waals surface area contributed by atoms with Gasteiger partial charge in [0.2, 0.25) is 5.91 Å². The van der Waals surface area contributed by atoms with E-state index in [4.69, 9.17) is 4.74 Å². The molecule has 2 heterocycles. The average molecular weight is 391 g/mol. The van der Waals surface area contributed by atoms with Crippen LogP contribution < -0.4 is 0 Å². The van der Waals surface area contributed by atoms with Crippen molar-refractivity contribution in [2.24, 2.45) is 4.99 Å². The molecule has 2 aliphatic rings. The summed E-state index contributed by atoms with van der Waals surface area (Å²) in [4.78, 5) is 32.8. The second kappa shape index (κ2) is 7.88. The van der Waals surface area contributed by atoms with Crippen LogP contribution in [0.1, 0.15) is 38.8 Å². The molecular formula is C19H22N2O3S2. The van der Waals surface area contributed by atoms with Crippen LogP contribution in [0.25, 0.3) is 0 Å². The third-order valence-corrected chi connectivity index (χ3v) is 5.90. The number of aliphatic imine (C=N–C) groups is 1. The van der Waals surface area contributed by atoms with E-state index in [2.05, 4.69) is 4.99 Å². The van der Waals surface area contributed by atoms with Gasteiger partial charge in [0, 0.05) is 17.1 Å². The largest absolute Gasteiger partial charge is 0.459 e. The van der Waals surface area contributed by atoms with Crippen molar-refractivity contribution in [1.29, 1.82) is 0 Å². The van der Waals surface area contributed by atoms with Crippen molar-refractivity contribution in [2.75, 3.05) is 12.0 Å². The highest BCUT2D eigenvalue weighted by Gasteiger charge is 2.41. The lowest BCUT2D eigenvalue weighted by atomic mass is 9.94. The minimum atomic E-state index is -0.495. The molecule has 0 radical (unpaired) electrons. The number of carbonyl (C=O) groups is 2. The number of allylic oxidation sites excluding steroid dienone is 1. The molecule has 0 N–H and O–H groups in total. The van der Waals surface area contributed by atoms with Crippen molar-refractivity contribution in [1.82, 2.24) is 4.90 Å². The van der Waals surface area contributed by atoms with E-state index < -0.39 is 12.0 Å². The average Bonchev–Trinajstić information content (AvgIpc) is 2.60. The van der Waals surface area contributed by atoms with Gasteiger partial charge in [-0.25, -0.2) is 9.79 Å². The van der Waals surface area contributed by atoms with Crippen molar-refractivity contribution in [3.05, 3.63) is 41.1 Å². The smallest absolute Gasteiger partial charge is 0.338 e. The summed E-state index contributed by atoms with van der Waals surface area (Å²) in [6.07, 6.45) is 2.22. The van der Waals surface area contributed by atoms with Gasteiger partial charge in [0.1, 0.15) is 0 Å². The zero-order chi connectivity index (χ0) is 18.8. The van der Waals surface area contributed by atoms with Gasteiger partial charge in [-0.3, -0.25) is 9.69 Å². The number of amides is 1. The van der Waals surface area contributed by atoms with Gasteiger partial charge < -0.3 is 4.74 Å². The standard InChI is InChI=1S/C19H22N2O3S2/c1-11(2)24-18(23)16-12(3)20-19-21(15(22)9-10-26-19)17(16)13-5-7-14(25-4)8-6-13/h5-8,11,17H,9-10H2,1-4H3/t17-/m0/s1. The van der Waals surface area contributed by atoms with E-state index in [-0.39, 0.29) is 12.0 Å². The quantitative estimate of drug-likeness (QED) is 0.574. The predicted octanol–water partition coefficient (Wildman–Crippen LogP) is 4.01. The van der Waals surface area contributed by atoms with Gasteiger partial charge >= 0.3 is 5.97 Å². The van der Waals surface area contributed by atoms with E-state index >= 15 is 0 Å². The zero-order valence-corrected chi connectivity index (χ0v) is 16.9. The van der Waals surface area contributed by atoms with Crippen LogP contribution in [0.5, 0.6) is 0 Å². The molecular weight excluding hydrogens is 368 g/mol. The van der Waals surface area contributed by atoms with E-state index in [9.17, 15) is 9.59 Å². The van der Waals surface area contributed by atoms with Gasteiger partial charge in [0.25, 0.3) is 0 Å². The Hall–Kier alpha value is -1.73. The van der Waals surface area contributed by atoms with Crippen LogP contribution in [0, 0.1) is 0 Å². The summed E-state index contributed by atoms with van der Waals surface area (Å²) in [5.74, 6) is 0.289. The Kier molecular flexibility index (Phi) is 5.77. The maximum absolute atomic E-state index is 12.8. The van der Waals surface area contributed by atoms with Crippen LogP contribution in [0.2, 0.25) is 0 Å². The second-order valence-electron chi connectivity index (χ2n) is 6.39. The fourth-order valence-corrected chi connectivity index (χ4v) is 4.45. The van der Waals surface area contributed by atoms with Gasteiger partial charge in [0.05, 0.1) is 23.4 Å². The number of thioether (sulfide) groups is 2. The van der Waals surface area contributed by atoms with Crippen molar-refractivity contribution in [3.8, 4) is 0 Å². The van der Waals surface area contributed by atoms with Crippen LogP contribution in [-0.4, -0.2) is 40.1 Å². The maximum Gasteiger partial charge on any atom is 0.338 e. The molecule has 0 aromatic heterocycles. The van der Waals surface area contributed by atoms with E-state index in [1.807, 2.05) is 51.3 Å². The summed E-state index contributed by atoms with van der Waals surface area (Å²) in [7, 11) is 0. The number of hydrogen-bond donors (Lipinski definition) is 0. The molecule has 0 unspecified atom stereocenters. The predicted molar refractivity (Wildman–Crippen MR) is 106 cm³/mol. The van der Waals surface area contributed by atoms with Crippen molar-refractivity contribution in [3.63, 3.8) is 0 Å². The summed E-state index contributed by atoms with van der Waals surface area (Å²) in [5.41, 5.74) is 1.94. The molecule has 0 saturated carbocycles. The number of rotatable bonds is 4. The minimum Gasteiger partial charge on any atom is -0.459 e. The summed E-state index contributed by atoms with van der Waals surface area (Å²) in [6, 6.07) is 7.47. The Labute approximate surface area is 162 Å². The van der Waals surface area contributed by atoms with Crippen LogP contribution >= 0.6 is 23.5 Å². The van der Waals surface area contributed by atoms with Crippen molar-refractivity contribution < 1.29 is 14.3 Å². The first kappa shape index (κ1) is 19.0. The van der Waals surface area contributed by atoms with Gasteiger partial charge in [-0.05, 0) is 44.7 Å². The summed E-state index contributed by atoms with van der Waals surface area (Å²) in [6.45, 7) is 5.44. The normalized spacial score (nSPS) is 20.2. The van der Waals surface area contributed by atoms with Crippen LogP contribution in [-0.2, 0) is 14.3 Å². The molecule has 5 nitrogen and oxygen atoms in total. The number of ether oxygens (including phenoxy) is 1. The molecule has 1 aromatic rings. The number of hydrogen-bond acceptors (Lipinski definition) is 6. The second-order valence-corrected chi connectivity index (χ2v) is 8.33. The Bertz CT molecular complexity index is 784. The third-order valence-electron chi connectivity index (χ3n) is 4.20. The molecule has 3 rings (SSSR count). The van der Waals surface area contributed by atoms with Gasteiger partial charge in [-0.2, -0.15) is 0 Å². The Morgan fingerprint density at radius 1 is 1.35 bits per heavy atom.